The molecule has 0 aliphatic carbocycles. The summed E-state index contributed by atoms with van der Waals surface area (Å²) in [5, 5.41) is 10.6. The van der Waals surface area contributed by atoms with Crippen molar-refractivity contribution in [2.45, 2.75) is 26.6 Å². The second-order valence-electron chi connectivity index (χ2n) is 6.49. The molecule has 150 valence electrons. The van der Waals surface area contributed by atoms with Crippen molar-refractivity contribution in [2.24, 2.45) is 0 Å². The lowest BCUT2D eigenvalue weighted by Crippen LogP contribution is -2.32. The monoisotopic (exact) mass is 425 g/mol. The predicted molar refractivity (Wildman–Crippen MR) is 109 cm³/mol. The molecule has 1 heterocycles. The number of benzene rings is 2. The molecule has 0 aliphatic rings. The standard InChI is InChI=1S/C20H21F2NO3S2/c1-14-17-5-2-3-6-19(17)27-20(14)23(28(25,26)10-4-9-24)13-15-7-8-18(22)16(11-15)12-21/h2-3,5-8,11,24H,4,9-10,12-13H2,1H3. The molecular weight excluding hydrogens is 404 g/mol. The van der Waals surface area contributed by atoms with E-state index in [4.69, 9.17) is 5.11 Å². The van der Waals surface area contributed by atoms with Gasteiger partial charge in [-0.3, -0.25) is 4.31 Å². The molecule has 3 aromatic rings. The highest BCUT2D eigenvalue weighted by Crippen LogP contribution is 2.39. The Hall–Kier alpha value is -2.03. The van der Waals surface area contributed by atoms with Gasteiger partial charge >= 0.3 is 0 Å². The molecule has 0 saturated carbocycles. The Morgan fingerprint density at radius 3 is 2.61 bits per heavy atom. The van der Waals surface area contributed by atoms with Crippen molar-refractivity contribution in [3.63, 3.8) is 0 Å². The van der Waals surface area contributed by atoms with E-state index in [0.29, 0.717) is 10.6 Å². The third-order valence-electron chi connectivity index (χ3n) is 4.52. The highest BCUT2D eigenvalue weighted by Gasteiger charge is 2.26. The van der Waals surface area contributed by atoms with Crippen LogP contribution >= 0.6 is 11.3 Å². The molecule has 28 heavy (non-hydrogen) atoms. The summed E-state index contributed by atoms with van der Waals surface area (Å²) in [6.45, 7) is 0.634. The second kappa shape index (κ2) is 8.55. The number of alkyl halides is 1. The van der Waals surface area contributed by atoms with Gasteiger partial charge < -0.3 is 5.11 Å². The maximum Gasteiger partial charge on any atom is 0.236 e. The summed E-state index contributed by atoms with van der Waals surface area (Å²) in [6, 6.07) is 11.6. The fraction of sp³-hybridized carbons (Fsp3) is 0.300. The molecule has 8 heteroatoms. The van der Waals surface area contributed by atoms with Gasteiger partial charge in [0, 0.05) is 16.9 Å². The molecule has 0 spiro atoms. The van der Waals surface area contributed by atoms with E-state index in [2.05, 4.69) is 0 Å². The number of thiophene rings is 1. The molecule has 1 N–H and O–H groups in total. The number of rotatable bonds is 8. The highest BCUT2D eigenvalue weighted by molar-refractivity contribution is 7.93. The maximum atomic E-state index is 13.6. The number of sulfonamides is 1. The number of fused-ring (bicyclic) bond motifs is 1. The molecule has 0 atom stereocenters. The summed E-state index contributed by atoms with van der Waals surface area (Å²) >= 11 is 1.36. The average molecular weight is 426 g/mol. The zero-order valence-corrected chi connectivity index (χ0v) is 17.0. The van der Waals surface area contributed by atoms with Crippen LogP contribution in [0, 0.1) is 12.7 Å². The van der Waals surface area contributed by atoms with Crippen molar-refractivity contribution in [1.29, 1.82) is 0 Å². The largest absolute Gasteiger partial charge is 0.396 e. The van der Waals surface area contributed by atoms with E-state index >= 15 is 0 Å². The Balaban J connectivity index is 2.08. The first-order chi connectivity index (χ1) is 13.4. The number of aliphatic hydroxyl groups excluding tert-OH is 1. The third-order valence-corrected chi connectivity index (χ3v) is 7.72. The second-order valence-corrected chi connectivity index (χ2v) is 9.53. The van der Waals surface area contributed by atoms with Crippen LogP contribution in [0.1, 0.15) is 23.1 Å². The summed E-state index contributed by atoms with van der Waals surface area (Å²) in [5.74, 6) is -0.868. The number of hydrogen-bond donors (Lipinski definition) is 1. The van der Waals surface area contributed by atoms with Gasteiger partial charge in [-0.05, 0) is 48.1 Å². The summed E-state index contributed by atoms with van der Waals surface area (Å²) in [4.78, 5) is 0. The van der Waals surface area contributed by atoms with Crippen molar-refractivity contribution >= 4 is 36.4 Å². The fourth-order valence-corrected chi connectivity index (χ4v) is 6.07. The van der Waals surface area contributed by atoms with Crippen LogP contribution in [-0.2, 0) is 23.2 Å². The van der Waals surface area contributed by atoms with Gasteiger partial charge in [-0.1, -0.05) is 24.3 Å². The summed E-state index contributed by atoms with van der Waals surface area (Å²) in [7, 11) is -3.74. The first-order valence-electron chi connectivity index (χ1n) is 8.80. The van der Waals surface area contributed by atoms with Crippen LogP contribution < -0.4 is 4.31 Å². The molecule has 4 nitrogen and oxygen atoms in total. The van der Waals surface area contributed by atoms with Crippen LogP contribution in [0.2, 0.25) is 0 Å². The predicted octanol–water partition coefficient (Wildman–Crippen LogP) is 4.54. The summed E-state index contributed by atoms with van der Waals surface area (Å²) < 4.78 is 55.0. The normalized spacial score (nSPS) is 11.9. The van der Waals surface area contributed by atoms with Crippen LogP contribution in [0.3, 0.4) is 0 Å². The lowest BCUT2D eigenvalue weighted by Gasteiger charge is -2.24. The molecule has 3 rings (SSSR count). The van der Waals surface area contributed by atoms with Crippen LogP contribution in [0.25, 0.3) is 10.1 Å². The lowest BCUT2D eigenvalue weighted by atomic mass is 10.1. The first-order valence-corrected chi connectivity index (χ1v) is 11.2. The fourth-order valence-electron chi connectivity index (χ4n) is 3.05. The van der Waals surface area contributed by atoms with Gasteiger partial charge in [0.2, 0.25) is 10.0 Å². The molecule has 0 amide bonds. The van der Waals surface area contributed by atoms with Gasteiger partial charge in [-0.25, -0.2) is 17.2 Å². The van der Waals surface area contributed by atoms with E-state index in [1.54, 1.807) is 0 Å². The van der Waals surface area contributed by atoms with Gasteiger partial charge in [0.05, 0.1) is 12.3 Å². The third kappa shape index (κ3) is 4.19. The molecule has 0 bridgehead atoms. The Morgan fingerprint density at radius 2 is 1.93 bits per heavy atom. The molecule has 0 radical (unpaired) electrons. The number of halogens is 2. The minimum absolute atomic E-state index is 0.0330. The Morgan fingerprint density at radius 1 is 1.18 bits per heavy atom. The molecule has 2 aromatic carbocycles. The van der Waals surface area contributed by atoms with Crippen molar-refractivity contribution in [1.82, 2.24) is 0 Å². The van der Waals surface area contributed by atoms with Crippen LogP contribution in [0.4, 0.5) is 13.8 Å². The average Bonchev–Trinajstić information content (AvgIpc) is 3.02. The first kappa shape index (κ1) is 20.7. The van der Waals surface area contributed by atoms with Crippen LogP contribution in [0.15, 0.2) is 42.5 Å². The van der Waals surface area contributed by atoms with E-state index in [-0.39, 0.29) is 30.9 Å². The number of aliphatic hydroxyl groups is 1. The maximum absolute atomic E-state index is 13.6. The number of nitrogens with zero attached hydrogens (tertiary/aromatic N) is 1. The molecule has 0 fully saturated rings. The zero-order chi connectivity index (χ0) is 20.3. The molecule has 1 aromatic heterocycles. The van der Waals surface area contributed by atoms with Crippen molar-refractivity contribution in [2.75, 3.05) is 16.7 Å². The van der Waals surface area contributed by atoms with Crippen LogP contribution in [0.5, 0.6) is 0 Å². The topological polar surface area (TPSA) is 57.6 Å². The molecule has 0 saturated heterocycles. The Labute approximate surface area is 167 Å². The SMILES string of the molecule is Cc1c(N(Cc2ccc(F)c(CF)c2)S(=O)(=O)CCCO)sc2ccccc12. The van der Waals surface area contributed by atoms with Gasteiger partial charge in [0.1, 0.15) is 17.5 Å². The van der Waals surface area contributed by atoms with Crippen LogP contribution in [-0.4, -0.2) is 25.9 Å². The van der Waals surface area contributed by atoms with E-state index in [0.717, 1.165) is 21.7 Å². The summed E-state index contributed by atoms with van der Waals surface area (Å²) in [5.41, 5.74) is 1.23. The smallest absolute Gasteiger partial charge is 0.236 e. The number of aryl methyl sites for hydroxylation is 1. The Bertz CT molecular complexity index is 1080. The van der Waals surface area contributed by atoms with Gasteiger partial charge in [-0.15, -0.1) is 11.3 Å². The quantitative estimate of drug-likeness (QED) is 0.577. The number of anilines is 1. The minimum Gasteiger partial charge on any atom is -0.396 e. The minimum atomic E-state index is -3.74. The highest BCUT2D eigenvalue weighted by atomic mass is 32.2. The lowest BCUT2D eigenvalue weighted by molar-refractivity contribution is 0.295. The van der Waals surface area contributed by atoms with Gasteiger partial charge in [-0.2, -0.15) is 0 Å². The van der Waals surface area contributed by atoms with Crippen molar-refractivity contribution in [3.05, 3.63) is 65.0 Å². The van der Waals surface area contributed by atoms with E-state index in [1.807, 2.05) is 31.2 Å². The number of hydrogen-bond acceptors (Lipinski definition) is 4. The van der Waals surface area contributed by atoms with E-state index in [1.165, 1.54) is 27.8 Å². The van der Waals surface area contributed by atoms with E-state index in [9.17, 15) is 17.2 Å². The molecular formula is C20H21F2NO3S2. The zero-order valence-electron chi connectivity index (χ0n) is 15.4. The molecule has 0 unspecified atom stereocenters. The Kier molecular flexibility index (Phi) is 6.32. The van der Waals surface area contributed by atoms with E-state index < -0.39 is 22.5 Å². The van der Waals surface area contributed by atoms with Crippen molar-refractivity contribution < 1.29 is 22.3 Å². The summed E-state index contributed by atoms with van der Waals surface area (Å²) in [6.07, 6.45) is 0.113. The molecule has 0 aliphatic heterocycles. The van der Waals surface area contributed by atoms with Gasteiger partial charge in [0.25, 0.3) is 0 Å². The van der Waals surface area contributed by atoms with Gasteiger partial charge in [0.15, 0.2) is 0 Å². The van der Waals surface area contributed by atoms with Crippen molar-refractivity contribution in [3.8, 4) is 0 Å².